The average Bonchev–Trinajstić information content (AvgIpc) is 2.56. The maximum absolute atomic E-state index is 12.5. The Hall–Kier alpha value is -2.52. The van der Waals surface area contributed by atoms with E-state index in [1.54, 1.807) is 12.1 Å². The van der Waals surface area contributed by atoms with Crippen molar-refractivity contribution < 1.29 is 4.74 Å². The van der Waals surface area contributed by atoms with Crippen molar-refractivity contribution in [3.8, 4) is 22.6 Å². The second-order valence-corrected chi connectivity index (χ2v) is 5.42. The molecule has 1 aromatic heterocycles. The van der Waals surface area contributed by atoms with E-state index in [0.29, 0.717) is 11.8 Å². The molecule has 0 unspecified atom stereocenters. The lowest BCUT2D eigenvalue weighted by atomic mass is 10.1. The normalized spacial score (nSPS) is 10.5. The molecule has 3 nitrogen and oxygen atoms in total. The molecule has 0 amide bonds. The maximum atomic E-state index is 12.5. The summed E-state index contributed by atoms with van der Waals surface area (Å²) in [5.74, 6) is 0.806. The van der Waals surface area contributed by atoms with Crippen LogP contribution < -0.4 is 10.3 Å². The largest absolute Gasteiger partial charge is 0.494 e. The van der Waals surface area contributed by atoms with Gasteiger partial charge in [0.2, 0.25) is 0 Å². The topological polar surface area (TPSA) is 31.2 Å². The van der Waals surface area contributed by atoms with E-state index in [4.69, 9.17) is 16.3 Å². The third-order valence-electron chi connectivity index (χ3n) is 3.50. The third kappa shape index (κ3) is 3.30. The van der Waals surface area contributed by atoms with Crippen LogP contribution in [0, 0.1) is 0 Å². The smallest absolute Gasteiger partial charge is 0.256 e. The van der Waals surface area contributed by atoms with E-state index in [0.717, 1.165) is 22.6 Å². The number of pyridine rings is 1. The summed E-state index contributed by atoms with van der Waals surface area (Å²) in [5, 5.41) is 0.382. The summed E-state index contributed by atoms with van der Waals surface area (Å²) in [7, 11) is 0. The molecule has 4 heteroatoms. The number of benzene rings is 2. The first-order valence-corrected chi connectivity index (χ1v) is 7.78. The zero-order chi connectivity index (χ0) is 16.2. The highest BCUT2D eigenvalue weighted by Gasteiger charge is 2.08. The van der Waals surface area contributed by atoms with Gasteiger partial charge in [0.05, 0.1) is 12.3 Å². The van der Waals surface area contributed by atoms with E-state index < -0.39 is 0 Å². The van der Waals surface area contributed by atoms with Gasteiger partial charge in [0.25, 0.3) is 5.56 Å². The predicted octanol–water partition coefficient (Wildman–Crippen LogP) is 4.56. The van der Waals surface area contributed by atoms with Crippen LogP contribution in [0.15, 0.2) is 71.5 Å². The molecule has 0 aliphatic rings. The molecular weight excluding hydrogens is 310 g/mol. The number of rotatable bonds is 4. The number of para-hydroxylation sites is 1. The van der Waals surface area contributed by atoms with Crippen LogP contribution >= 0.6 is 11.6 Å². The highest BCUT2D eigenvalue weighted by molar-refractivity contribution is 6.30. The van der Waals surface area contributed by atoms with E-state index in [1.807, 2.05) is 61.5 Å². The number of aromatic nitrogens is 1. The van der Waals surface area contributed by atoms with E-state index in [1.165, 1.54) is 4.57 Å². The molecule has 0 fully saturated rings. The van der Waals surface area contributed by atoms with E-state index in [2.05, 4.69) is 0 Å². The summed E-state index contributed by atoms with van der Waals surface area (Å²) in [5.41, 5.74) is 2.30. The Morgan fingerprint density at radius 2 is 1.65 bits per heavy atom. The Bertz CT molecular complexity index is 855. The first-order chi connectivity index (χ1) is 11.2. The van der Waals surface area contributed by atoms with Crippen LogP contribution in [0.5, 0.6) is 5.75 Å². The molecule has 0 N–H and O–H groups in total. The second-order valence-electron chi connectivity index (χ2n) is 5.03. The molecule has 3 rings (SSSR count). The first-order valence-electron chi connectivity index (χ1n) is 7.40. The lowest BCUT2D eigenvalue weighted by molar-refractivity contribution is 0.340. The van der Waals surface area contributed by atoms with Gasteiger partial charge in [0.1, 0.15) is 10.9 Å². The molecule has 23 heavy (non-hydrogen) atoms. The first kappa shape index (κ1) is 15.4. The van der Waals surface area contributed by atoms with Crippen molar-refractivity contribution in [2.75, 3.05) is 6.61 Å². The Morgan fingerprint density at radius 1 is 0.957 bits per heavy atom. The molecule has 116 valence electrons. The molecule has 0 radical (unpaired) electrons. The molecular formula is C19H16ClNO2. The predicted molar refractivity (Wildman–Crippen MR) is 93.7 cm³/mol. The number of ether oxygens (including phenoxy) is 1. The Kier molecular flexibility index (Phi) is 4.49. The SMILES string of the molecule is CCOc1ccc(-c2cc(Cl)n(-c3ccccc3)c(=O)c2)cc1. The maximum Gasteiger partial charge on any atom is 0.256 e. The summed E-state index contributed by atoms with van der Waals surface area (Å²) >= 11 is 6.34. The summed E-state index contributed by atoms with van der Waals surface area (Å²) in [6.07, 6.45) is 0. The van der Waals surface area contributed by atoms with Crippen LogP contribution in [0.2, 0.25) is 5.15 Å². The lowest BCUT2D eigenvalue weighted by Gasteiger charge is -2.11. The van der Waals surface area contributed by atoms with E-state index >= 15 is 0 Å². The standard InChI is InChI=1S/C19H16ClNO2/c1-2-23-17-10-8-14(9-11-17)15-12-18(20)21(19(22)13-15)16-6-4-3-5-7-16/h3-13H,2H2,1H3. The molecule has 1 heterocycles. The van der Waals surface area contributed by atoms with Gasteiger partial charge in [-0.3, -0.25) is 9.36 Å². The van der Waals surface area contributed by atoms with E-state index in [-0.39, 0.29) is 5.56 Å². The highest BCUT2D eigenvalue weighted by Crippen LogP contribution is 2.24. The van der Waals surface area contributed by atoms with Gasteiger partial charge in [-0.2, -0.15) is 0 Å². The Morgan fingerprint density at radius 3 is 2.26 bits per heavy atom. The van der Waals surface area contributed by atoms with Crippen molar-refractivity contribution in [2.45, 2.75) is 6.92 Å². The van der Waals surface area contributed by atoms with Crippen LogP contribution in [-0.4, -0.2) is 11.2 Å². The fraction of sp³-hybridized carbons (Fsp3) is 0.105. The second kappa shape index (κ2) is 6.71. The van der Waals surface area contributed by atoms with Crippen LogP contribution in [0.3, 0.4) is 0 Å². The third-order valence-corrected chi connectivity index (χ3v) is 3.78. The van der Waals surface area contributed by atoms with E-state index in [9.17, 15) is 4.79 Å². The van der Waals surface area contributed by atoms with Crippen LogP contribution in [0.25, 0.3) is 16.8 Å². The molecule has 0 spiro atoms. The van der Waals surface area contributed by atoms with Gasteiger partial charge in [0.15, 0.2) is 0 Å². The van der Waals surface area contributed by atoms with Gasteiger partial charge in [-0.05, 0) is 48.4 Å². The van der Waals surface area contributed by atoms with Crippen LogP contribution in [-0.2, 0) is 0 Å². The van der Waals surface area contributed by atoms with Gasteiger partial charge >= 0.3 is 0 Å². The monoisotopic (exact) mass is 325 g/mol. The average molecular weight is 326 g/mol. The minimum absolute atomic E-state index is 0.160. The molecule has 0 saturated carbocycles. The van der Waals surface area contributed by atoms with Crippen molar-refractivity contribution in [1.29, 1.82) is 0 Å². The lowest BCUT2D eigenvalue weighted by Crippen LogP contribution is -2.18. The van der Waals surface area contributed by atoms with Crippen molar-refractivity contribution in [1.82, 2.24) is 4.57 Å². The fourth-order valence-corrected chi connectivity index (χ4v) is 2.74. The highest BCUT2D eigenvalue weighted by atomic mass is 35.5. The van der Waals surface area contributed by atoms with Gasteiger partial charge in [0, 0.05) is 6.07 Å². The number of hydrogen-bond donors (Lipinski definition) is 0. The number of halogens is 1. The van der Waals surface area contributed by atoms with Gasteiger partial charge in [-0.25, -0.2) is 0 Å². The van der Waals surface area contributed by atoms with Crippen molar-refractivity contribution in [3.05, 3.63) is 82.2 Å². The van der Waals surface area contributed by atoms with Crippen molar-refractivity contribution >= 4 is 11.6 Å². The minimum Gasteiger partial charge on any atom is -0.494 e. The molecule has 0 atom stereocenters. The van der Waals surface area contributed by atoms with Gasteiger partial charge in [-0.1, -0.05) is 41.9 Å². The van der Waals surface area contributed by atoms with Crippen molar-refractivity contribution in [3.63, 3.8) is 0 Å². The quantitative estimate of drug-likeness (QED) is 0.659. The molecule has 0 saturated heterocycles. The summed E-state index contributed by atoms with van der Waals surface area (Å²) < 4.78 is 6.91. The van der Waals surface area contributed by atoms with Crippen LogP contribution in [0.1, 0.15) is 6.92 Å². The van der Waals surface area contributed by atoms with Gasteiger partial charge in [-0.15, -0.1) is 0 Å². The molecule has 0 bridgehead atoms. The molecule has 2 aromatic carbocycles. The number of hydrogen-bond acceptors (Lipinski definition) is 2. The fourth-order valence-electron chi connectivity index (χ4n) is 2.44. The summed E-state index contributed by atoms with van der Waals surface area (Å²) in [6, 6.07) is 20.3. The zero-order valence-electron chi connectivity index (χ0n) is 12.7. The summed E-state index contributed by atoms with van der Waals surface area (Å²) in [6.45, 7) is 2.56. The van der Waals surface area contributed by atoms with Crippen molar-refractivity contribution in [2.24, 2.45) is 0 Å². The minimum atomic E-state index is -0.160. The zero-order valence-corrected chi connectivity index (χ0v) is 13.5. The molecule has 0 aliphatic carbocycles. The van der Waals surface area contributed by atoms with Gasteiger partial charge < -0.3 is 4.74 Å². The Labute approximate surface area is 139 Å². The Balaban J connectivity index is 2.01. The summed E-state index contributed by atoms with van der Waals surface area (Å²) in [4.78, 5) is 12.5. The number of nitrogens with zero attached hydrogens (tertiary/aromatic N) is 1. The van der Waals surface area contributed by atoms with Crippen LogP contribution in [0.4, 0.5) is 0 Å². The molecule has 0 aliphatic heterocycles. The molecule has 3 aromatic rings.